The van der Waals surface area contributed by atoms with Gasteiger partial charge >= 0.3 is 0 Å². The molecule has 0 fully saturated rings. The Morgan fingerprint density at radius 1 is 1.12 bits per heavy atom. The van der Waals surface area contributed by atoms with Crippen LogP contribution in [0.25, 0.3) is 10.9 Å². The Hall–Kier alpha value is -2.92. The molecule has 0 spiro atoms. The van der Waals surface area contributed by atoms with E-state index in [0.29, 0.717) is 27.4 Å². The van der Waals surface area contributed by atoms with Gasteiger partial charge in [-0.05, 0) is 42.8 Å². The number of anilines is 1. The van der Waals surface area contributed by atoms with Gasteiger partial charge in [0.05, 0.1) is 5.52 Å². The number of fused-ring (bicyclic) bond motifs is 1. The predicted molar refractivity (Wildman–Crippen MR) is 94.4 cm³/mol. The number of nitrogens with one attached hydrogen (secondary N) is 1. The van der Waals surface area contributed by atoms with Gasteiger partial charge in [0.15, 0.2) is 0 Å². The van der Waals surface area contributed by atoms with Crippen molar-refractivity contribution < 1.29 is 9.59 Å². The van der Waals surface area contributed by atoms with Crippen LogP contribution in [0.3, 0.4) is 0 Å². The van der Waals surface area contributed by atoms with Crippen LogP contribution in [0.2, 0.25) is 5.02 Å². The number of nitrogens with two attached hydrogens (primary N) is 1. The molecule has 0 saturated carbocycles. The predicted octanol–water partition coefficient (Wildman–Crippen LogP) is 3.55. The molecule has 0 radical (unpaired) electrons. The third kappa shape index (κ3) is 3.07. The maximum Gasteiger partial charge on any atom is 0.274 e. The topological polar surface area (TPSA) is 85.1 Å². The minimum atomic E-state index is -0.540. The average Bonchev–Trinajstić information content (AvgIpc) is 2.55. The number of carbonyl (C=O) groups is 2. The van der Waals surface area contributed by atoms with Crippen LogP contribution in [0.15, 0.2) is 48.5 Å². The molecule has 3 aromatic rings. The van der Waals surface area contributed by atoms with Gasteiger partial charge in [0.1, 0.15) is 5.69 Å². The highest BCUT2D eigenvalue weighted by Crippen LogP contribution is 2.21. The number of nitrogens with zero attached hydrogens (tertiary/aromatic N) is 1. The number of pyridine rings is 1. The summed E-state index contributed by atoms with van der Waals surface area (Å²) in [5.41, 5.74) is 7.72. The van der Waals surface area contributed by atoms with Crippen LogP contribution in [0.4, 0.5) is 5.69 Å². The number of amides is 2. The molecule has 5 nitrogen and oxygen atoms in total. The minimum Gasteiger partial charge on any atom is -0.366 e. The Labute approximate surface area is 143 Å². The van der Waals surface area contributed by atoms with Gasteiger partial charge in [-0.3, -0.25) is 9.59 Å². The van der Waals surface area contributed by atoms with Crippen molar-refractivity contribution in [3.63, 3.8) is 0 Å². The molecule has 0 aliphatic rings. The summed E-state index contributed by atoms with van der Waals surface area (Å²) in [4.78, 5) is 28.2. The van der Waals surface area contributed by atoms with Crippen molar-refractivity contribution in [2.45, 2.75) is 6.92 Å². The summed E-state index contributed by atoms with van der Waals surface area (Å²) in [7, 11) is 0. The monoisotopic (exact) mass is 339 g/mol. The van der Waals surface area contributed by atoms with Crippen molar-refractivity contribution in [1.29, 1.82) is 0 Å². The molecule has 1 heterocycles. The van der Waals surface area contributed by atoms with Gasteiger partial charge in [-0.1, -0.05) is 29.8 Å². The Kier molecular flexibility index (Phi) is 4.18. The van der Waals surface area contributed by atoms with Crippen molar-refractivity contribution in [1.82, 2.24) is 4.98 Å². The van der Waals surface area contributed by atoms with E-state index >= 15 is 0 Å². The third-order valence-electron chi connectivity index (χ3n) is 3.73. The van der Waals surface area contributed by atoms with Crippen LogP contribution in [-0.4, -0.2) is 16.8 Å². The van der Waals surface area contributed by atoms with Crippen molar-refractivity contribution in [3.05, 3.63) is 70.4 Å². The van der Waals surface area contributed by atoms with Crippen molar-refractivity contribution in [3.8, 4) is 0 Å². The molecule has 2 aromatic carbocycles. The fraction of sp³-hybridized carbons (Fsp3) is 0.0556. The van der Waals surface area contributed by atoms with Crippen LogP contribution in [0, 0.1) is 6.92 Å². The molecule has 120 valence electrons. The Morgan fingerprint density at radius 2 is 1.88 bits per heavy atom. The van der Waals surface area contributed by atoms with Crippen LogP contribution in [0.5, 0.6) is 0 Å². The normalized spacial score (nSPS) is 10.6. The summed E-state index contributed by atoms with van der Waals surface area (Å²) in [6, 6.07) is 13.7. The van der Waals surface area contributed by atoms with Gasteiger partial charge < -0.3 is 11.1 Å². The molecule has 24 heavy (non-hydrogen) atoms. The maximum atomic E-state index is 12.5. The number of primary amides is 1. The Morgan fingerprint density at radius 3 is 2.62 bits per heavy atom. The lowest BCUT2D eigenvalue weighted by molar-refractivity contribution is 0.0995. The SMILES string of the molecule is Cc1c(NC(=O)c2ccc3ccc(Cl)cc3n2)cccc1C(N)=O. The van der Waals surface area contributed by atoms with Gasteiger partial charge in [-0.15, -0.1) is 0 Å². The zero-order valence-corrected chi connectivity index (χ0v) is 13.6. The quantitative estimate of drug-likeness (QED) is 0.765. The Balaban J connectivity index is 1.93. The van der Waals surface area contributed by atoms with E-state index in [1.165, 1.54) is 0 Å². The average molecular weight is 340 g/mol. The van der Waals surface area contributed by atoms with E-state index in [1.807, 2.05) is 6.07 Å². The van der Waals surface area contributed by atoms with Crippen LogP contribution < -0.4 is 11.1 Å². The van der Waals surface area contributed by atoms with Crippen LogP contribution >= 0.6 is 11.6 Å². The zero-order chi connectivity index (χ0) is 17.3. The maximum absolute atomic E-state index is 12.5. The lowest BCUT2D eigenvalue weighted by atomic mass is 10.1. The van der Waals surface area contributed by atoms with E-state index in [4.69, 9.17) is 17.3 Å². The number of aromatic nitrogens is 1. The molecule has 0 bridgehead atoms. The van der Waals surface area contributed by atoms with Gasteiger partial charge in [-0.25, -0.2) is 4.98 Å². The van der Waals surface area contributed by atoms with E-state index in [1.54, 1.807) is 49.4 Å². The standard InChI is InChI=1S/C18H14ClN3O2/c1-10-13(17(20)23)3-2-4-14(10)22-18(24)15-8-6-11-5-7-12(19)9-16(11)21-15/h2-9H,1H3,(H2,20,23)(H,22,24). The molecule has 0 aliphatic carbocycles. The molecule has 0 atom stereocenters. The number of hydrogen-bond donors (Lipinski definition) is 2. The summed E-state index contributed by atoms with van der Waals surface area (Å²) >= 11 is 5.96. The summed E-state index contributed by atoms with van der Waals surface area (Å²) in [6.45, 7) is 1.73. The smallest absolute Gasteiger partial charge is 0.274 e. The van der Waals surface area contributed by atoms with Gasteiger partial charge in [0.2, 0.25) is 5.91 Å². The van der Waals surface area contributed by atoms with Crippen molar-refractivity contribution in [2.24, 2.45) is 5.73 Å². The molecular weight excluding hydrogens is 326 g/mol. The fourth-order valence-corrected chi connectivity index (χ4v) is 2.61. The molecule has 1 aromatic heterocycles. The molecular formula is C18H14ClN3O2. The highest BCUT2D eigenvalue weighted by Gasteiger charge is 2.13. The van der Waals surface area contributed by atoms with Gasteiger partial charge in [0, 0.05) is 21.7 Å². The number of hydrogen-bond acceptors (Lipinski definition) is 3. The largest absolute Gasteiger partial charge is 0.366 e. The Bertz CT molecular complexity index is 970. The number of halogens is 1. The first-order chi connectivity index (χ1) is 11.5. The van der Waals surface area contributed by atoms with Crippen LogP contribution in [-0.2, 0) is 0 Å². The van der Waals surface area contributed by atoms with E-state index in [2.05, 4.69) is 10.3 Å². The first-order valence-corrected chi connectivity index (χ1v) is 7.60. The lowest BCUT2D eigenvalue weighted by Gasteiger charge is -2.11. The summed E-state index contributed by atoms with van der Waals surface area (Å²) in [5, 5.41) is 4.20. The second-order valence-electron chi connectivity index (χ2n) is 5.33. The molecule has 2 amide bonds. The number of carbonyl (C=O) groups excluding carboxylic acids is 2. The number of benzene rings is 2. The minimum absolute atomic E-state index is 0.258. The molecule has 0 saturated heterocycles. The molecule has 0 aliphatic heterocycles. The molecule has 6 heteroatoms. The van der Waals surface area contributed by atoms with E-state index in [0.717, 1.165) is 5.39 Å². The lowest BCUT2D eigenvalue weighted by Crippen LogP contribution is -2.17. The van der Waals surface area contributed by atoms with E-state index in [9.17, 15) is 9.59 Å². The molecule has 0 unspecified atom stereocenters. The summed E-state index contributed by atoms with van der Waals surface area (Å²) in [5.74, 6) is -0.913. The highest BCUT2D eigenvalue weighted by atomic mass is 35.5. The van der Waals surface area contributed by atoms with Crippen LogP contribution in [0.1, 0.15) is 26.4 Å². The summed E-state index contributed by atoms with van der Waals surface area (Å²) in [6.07, 6.45) is 0. The van der Waals surface area contributed by atoms with Crippen molar-refractivity contribution in [2.75, 3.05) is 5.32 Å². The molecule has 3 rings (SSSR count). The fourth-order valence-electron chi connectivity index (χ4n) is 2.44. The second-order valence-corrected chi connectivity index (χ2v) is 5.77. The number of rotatable bonds is 3. The van der Waals surface area contributed by atoms with Gasteiger partial charge in [0.25, 0.3) is 5.91 Å². The molecule has 3 N–H and O–H groups in total. The van der Waals surface area contributed by atoms with E-state index in [-0.39, 0.29) is 11.6 Å². The highest BCUT2D eigenvalue weighted by molar-refractivity contribution is 6.31. The summed E-state index contributed by atoms with van der Waals surface area (Å²) < 4.78 is 0. The first-order valence-electron chi connectivity index (χ1n) is 7.23. The van der Waals surface area contributed by atoms with Crippen molar-refractivity contribution >= 4 is 40.0 Å². The van der Waals surface area contributed by atoms with E-state index < -0.39 is 5.91 Å². The first kappa shape index (κ1) is 16.0. The zero-order valence-electron chi connectivity index (χ0n) is 12.8. The second kappa shape index (κ2) is 6.29. The van der Waals surface area contributed by atoms with Gasteiger partial charge in [-0.2, -0.15) is 0 Å². The third-order valence-corrected chi connectivity index (χ3v) is 3.97.